The molecular formula is C20H19ClN4. The lowest BCUT2D eigenvalue weighted by Crippen LogP contribution is -2.17. The molecule has 3 aromatic rings. The number of aromatic nitrogens is 2. The van der Waals surface area contributed by atoms with Gasteiger partial charge in [0.15, 0.2) is 0 Å². The number of H-pyrrole nitrogens is 1. The van der Waals surface area contributed by atoms with Gasteiger partial charge in [-0.1, -0.05) is 29.8 Å². The van der Waals surface area contributed by atoms with Gasteiger partial charge in [-0.15, -0.1) is 0 Å². The van der Waals surface area contributed by atoms with Crippen LogP contribution in [0.15, 0.2) is 42.6 Å². The number of anilines is 2. The van der Waals surface area contributed by atoms with Crippen molar-refractivity contribution in [3.05, 3.63) is 70.2 Å². The molecule has 0 saturated heterocycles. The van der Waals surface area contributed by atoms with Crippen LogP contribution in [0.1, 0.15) is 18.1 Å². The summed E-state index contributed by atoms with van der Waals surface area (Å²) in [5.74, 6) is 0. The Morgan fingerprint density at radius 3 is 2.56 bits per heavy atom. The first-order valence-electron chi connectivity index (χ1n) is 8.10. The van der Waals surface area contributed by atoms with Crippen LogP contribution < -0.4 is 4.90 Å². The van der Waals surface area contributed by atoms with Gasteiger partial charge in [-0.05, 0) is 50.1 Å². The molecule has 0 aliphatic heterocycles. The summed E-state index contributed by atoms with van der Waals surface area (Å²) in [5, 5.41) is 7.66. The predicted molar refractivity (Wildman–Crippen MR) is 104 cm³/mol. The van der Waals surface area contributed by atoms with Crippen molar-refractivity contribution in [3.8, 4) is 11.3 Å². The van der Waals surface area contributed by atoms with Crippen LogP contribution in [0.2, 0.25) is 5.02 Å². The molecule has 25 heavy (non-hydrogen) atoms. The average Bonchev–Trinajstić information content (AvgIpc) is 3.03. The van der Waals surface area contributed by atoms with Gasteiger partial charge in [0.05, 0.1) is 18.5 Å². The fourth-order valence-corrected chi connectivity index (χ4v) is 3.16. The lowest BCUT2D eigenvalue weighted by Gasteiger charge is -2.26. The largest absolute Gasteiger partial charge is 0.342 e. The first-order valence-corrected chi connectivity index (χ1v) is 8.48. The zero-order valence-electron chi connectivity index (χ0n) is 14.5. The van der Waals surface area contributed by atoms with Crippen molar-refractivity contribution in [1.29, 1.82) is 0 Å². The summed E-state index contributed by atoms with van der Waals surface area (Å²) in [6, 6.07) is 11.9. The Balaban J connectivity index is 2.08. The summed E-state index contributed by atoms with van der Waals surface area (Å²) in [4.78, 5) is 5.63. The second-order valence-corrected chi connectivity index (χ2v) is 6.33. The van der Waals surface area contributed by atoms with Crippen molar-refractivity contribution in [2.75, 3.05) is 11.4 Å². The van der Waals surface area contributed by atoms with E-state index >= 15 is 0 Å². The summed E-state index contributed by atoms with van der Waals surface area (Å²) >= 11 is 6.24. The van der Waals surface area contributed by atoms with Crippen molar-refractivity contribution >= 4 is 28.7 Å². The summed E-state index contributed by atoms with van der Waals surface area (Å²) in [6.07, 6.45) is 1.83. The van der Waals surface area contributed by atoms with Crippen LogP contribution in [0.3, 0.4) is 0 Å². The van der Waals surface area contributed by atoms with E-state index < -0.39 is 0 Å². The van der Waals surface area contributed by atoms with E-state index in [0.717, 1.165) is 34.7 Å². The van der Waals surface area contributed by atoms with Gasteiger partial charge in [0.2, 0.25) is 5.69 Å². The van der Waals surface area contributed by atoms with Crippen LogP contribution in [-0.4, -0.2) is 16.7 Å². The lowest BCUT2D eigenvalue weighted by atomic mass is 10.0. The monoisotopic (exact) mass is 350 g/mol. The van der Waals surface area contributed by atoms with E-state index in [9.17, 15) is 0 Å². The molecule has 0 saturated carbocycles. The number of nitrogens with one attached hydrogen (secondary N) is 1. The van der Waals surface area contributed by atoms with Crippen molar-refractivity contribution in [1.82, 2.24) is 10.2 Å². The van der Waals surface area contributed by atoms with Crippen molar-refractivity contribution in [3.63, 3.8) is 0 Å². The summed E-state index contributed by atoms with van der Waals surface area (Å²) in [6.45, 7) is 14.2. The maximum Gasteiger partial charge on any atom is 0.205 e. The van der Waals surface area contributed by atoms with Gasteiger partial charge in [-0.3, -0.25) is 5.10 Å². The number of rotatable bonds is 4. The minimum absolute atomic E-state index is 0.472. The number of benzene rings is 2. The molecule has 1 heterocycles. The number of aromatic amines is 1. The average molecular weight is 351 g/mol. The smallest absolute Gasteiger partial charge is 0.205 e. The van der Waals surface area contributed by atoms with Gasteiger partial charge in [-0.25, -0.2) is 4.85 Å². The first-order chi connectivity index (χ1) is 12.0. The molecule has 0 fully saturated rings. The highest BCUT2D eigenvalue weighted by molar-refractivity contribution is 6.33. The maximum atomic E-state index is 7.15. The maximum absolute atomic E-state index is 7.15. The molecule has 2 aromatic carbocycles. The molecule has 5 heteroatoms. The van der Waals surface area contributed by atoms with E-state index in [1.165, 1.54) is 5.56 Å². The van der Waals surface area contributed by atoms with Gasteiger partial charge in [0, 0.05) is 28.5 Å². The molecule has 1 aromatic heterocycles. The minimum Gasteiger partial charge on any atom is -0.342 e. The SMILES string of the molecule is [C-]#[N+]c1ccc(N(CC)c2cc(-c3[nH]ncc3C)ccc2C)cc1Cl. The van der Waals surface area contributed by atoms with Crippen LogP contribution in [0.5, 0.6) is 0 Å². The van der Waals surface area contributed by atoms with Crippen molar-refractivity contribution in [2.24, 2.45) is 0 Å². The Kier molecular flexibility index (Phi) is 4.78. The molecule has 0 radical (unpaired) electrons. The van der Waals surface area contributed by atoms with Crippen molar-refractivity contribution in [2.45, 2.75) is 20.8 Å². The van der Waals surface area contributed by atoms with Gasteiger partial charge in [0.25, 0.3) is 0 Å². The Bertz CT molecular complexity index is 953. The molecule has 0 unspecified atom stereocenters. The highest BCUT2D eigenvalue weighted by atomic mass is 35.5. The minimum atomic E-state index is 0.472. The summed E-state index contributed by atoms with van der Waals surface area (Å²) < 4.78 is 0. The van der Waals surface area contributed by atoms with Crippen LogP contribution in [0, 0.1) is 20.4 Å². The van der Waals surface area contributed by atoms with Crippen LogP contribution in [0.25, 0.3) is 16.1 Å². The first kappa shape index (κ1) is 17.1. The molecule has 3 rings (SSSR count). The fourth-order valence-electron chi connectivity index (χ4n) is 2.94. The molecular weight excluding hydrogens is 332 g/mol. The molecule has 0 atom stereocenters. The normalized spacial score (nSPS) is 10.5. The standard InChI is InChI=1S/C20H19ClN4/c1-5-25(16-8-9-18(22-4)17(21)11-16)19-10-15(7-6-13(19)2)20-14(3)12-23-24-20/h6-12H,5H2,1-3H3,(H,23,24). The van der Waals surface area contributed by atoms with E-state index in [1.54, 1.807) is 6.07 Å². The second kappa shape index (κ2) is 7.00. The molecule has 0 amide bonds. The van der Waals surface area contributed by atoms with Gasteiger partial charge in [-0.2, -0.15) is 5.10 Å². The van der Waals surface area contributed by atoms with E-state index in [4.69, 9.17) is 18.2 Å². The number of nitrogens with zero attached hydrogens (tertiary/aromatic N) is 3. The van der Waals surface area contributed by atoms with Crippen LogP contribution in [0.4, 0.5) is 17.1 Å². The number of aryl methyl sites for hydroxylation is 2. The topological polar surface area (TPSA) is 36.3 Å². The van der Waals surface area contributed by atoms with E-state index in [2.05, 4.69) is 52.0 Å². The van der Waals surface area contributed by atoms with Gasteiger partial charge in [0.1, 0.15) is 0 Å². The van der Waals surface area contributed by atoms with E-state index in [-0.39, 0.29) is 0 Å². The molecule has 4 nitrogen and oxygen atoms in total. The van der Waals surface area contributed by atoms with E-state index in [1.807, 2.05) is 25.3 Å². The Labute approximate surface area is 152 Å². The highest BCUT2D eigenvalue weighted by Crippen LogP contribution is 2.36. The zero-order chi connectivity index (χ0) is 18.0. The Morgan fingerprint density at radius 2 is 1.96 bits per heavy atom. The third kappa shape index (κ3) is 3.24. The molecule has 126 valence electrons. The van der Waals surface area contributed by atoms with Crippen LogP contribution in [-0.2, 0) is 0 Å². The van der Waals surface area contributed by atoms with Gasteiger partial charge >= 0.3 is 0 Å². The number of hydrogen-bond acceptors (Lipinski definition) is 2. The van der Waals surface area contributed by atoms with Gasteiger partial charge < -0.3 is 4.90 Å². The quantitative estimate of drug-likeness (QED) is 0.581. The summed E-state index contributed by atoms with van der Waals surface area (Å²) in [7, 11) is 0. The zero-order valence-corrected chi connectivity index (χ0v) is 15.2. The third-order valence-corrected chi connectivity index (χ3v) is 4.60. The predicted octanol–water partition coefficient (Wildman–Crippen LogP) is 6.06. The molecule has 0 bridgehead atoms. The van der Waals surface area contributed by atoms with Crippen LogP contribution >= 0.6 is 11.6 Å². The van der Waals surface area contributed by atoms with Crippen molar-refractivity contribution < 1.29 is 0 Å². The third-order valence-electron chi connectivity index (χ3n) is 4.30. The fraction of sp³-hybridized carbons (Fsp3) is 0.200. The summed E-state index contributed by atoms with van der Waals surface area (Å²) in [5.41, 5.74) is 6.97. The van der Waals surface area contributed by atoms with E-state index in [0.29, 0.717) is 10.7 Å². The second-order valence-electron chi connectivity index (χ2n) is 5.92. The molecule has 0 aliphatic carbocycles. The molecule has 1 N–H and O–H groups in total. The number of halogens is 1. The Hall–Kier alpha value is -2.77. The molecule has 0 spiro atoms. The number of hydrogen-bond donors (Lipinski definition) is 1. The lowest BCUT2D eigenvalue weighted by molar-refractivity contribution is 1.02. The Morgan fingerprint density at radius 1 is 1.16 bits per heavy atom. The molecule has 0 aliphatic rings. The highest BCUT2D eigenvalue weighted by Gasteiger charge is 2.14.